The van der Waals surface area contributed by atoms with Crippen LogP contribution < -0.4 is 0 Å². The van der Waals surface area contributed by atoms with Crippen LogP contribution in [0.1, 0.15) is 31.9 Å². The zero-order chi connectivity index (χ0) is 21.8. The molecule has 3 heteroatoms. The van der Waals surface area contributed by atoms with Gasteiger partial charge in [-0.1, -0.05) is 51.1 Å². The quantitative estimate of drug-likeness (QED) is 0.311. The Bertz CT molecular complexity index is 1440. The van der Waals surface area contributed by atoms with E-state index >= 15 is 0 Å². The molecule has 1 N–H and O–H groups in total. The Morgan fingerprint density at radius 3 is 2.52 bits per heavy atom. The zero-order valence-corrected chi connectivity index (χ0v) is 19.0. The molecule has 0 fully saturated rings. The van der Waals surface area contributed by atoms with Gasteiger partial charge in [-0.2, -0.15) is 0 Å². The number of phenols is 1. The molecule has 0 saturated carbocycles. The van der Waals surface area contributed by atoms with Gasteiger partial charge in [-0.15, -0.1) is 11.3 Å². The summed E-state index contributed by atoms with van der Waals surface area (Å²) in [5.41, 5.74) is 6.32. The van der Waals surface area contributed by atoms with Crippen molar-refractivity contribution < 1.29 is 5.11 Å². The van der Waals surface area contributed by atoms with Crippen LogP contribution in [-0.2, 0) is 5.41 Å². The minimum Gasteiger partial charge on any atom is -0.507 e. The number of thiophene rings is 1. The van der Waals surface area contributed by atoms with Crippen molar-refractivity contribution in [2.45, 2.75) is 33.1 Å². The van der Waals surface area contributed by atoms with Crippen LogP contribution in [-0.4, -0.2) is 10.1 Å². The predicted octanol–water partition coefficient (Wildman–Crippen LogP) is 8.10. The SMILES string of the molecule is Cc1csc2c(-c3cccnc3-c3cc(C(C)(C)C)c4ccccc4c3)c(O)ccc12. The second-order valence-electron chi connectivity index (χ2n) is 9.15. The van der Waals surface area contributed by atoms with Gasteiger partial charge in [-0.3, -0.25) is 4.98 Å². The second kappa shape index (κ2) is 7.21. The summed E-state index contributed by atoms with van der Waals surface area (Å²) in [5.74, 6) is 0.292. The van der Waals surface area contributed by atoms with Crippen molar-refractivity contribution in [3.8, 4) is 28.1 Å². The van der Waals surface area contributed by atoms with Crippen molar-refractivity contribution in [3.63, 3.8) is 0 Å². The Morgan fingerprint density at radius 1 is 0.903 bits per heavy atom. The fraction of sp³-hybridized carbons (Fsp3) is 0.179. The number of rotatable bonds is 2. The maximum Gasteiger partial charge on any atom is 0.124 e. The van der Waals surface area contributed by atoms with Gasteiger partial charge < -0.3 is 5.11 Å². The summed E-state index contributed by atoms with van der Waals surface area (Å²) < 4.78 is 1.10. The number of aromatic nitrogens is 1. The summed E-state index contributed by atoms with van der Waals surface area (Å²) in [5, 5.41) is 16.7. The van der Waals surface area contributed by atoms with Crippen molar-refractivity contribution >= 4 is 32.2 Å². The summed E-state index contributed by atoms with van der Waals surface area (Å²) in [6, 6.07) is 20.8. The number of phenolic OH excluding ortho intramolecular Hbond substituents is 1. The average Bonchev–Trinajstić information content (AvgIpc) is 3.13. The van der Waals surface area contributed by atoms with Crippen LogP contribution in [0.15, 0.2) is 72.2 Å². The number of benzene rings is 3. The molecule has 2 heterocycles. The molecule has 0 atom stereocenters. The molecule has 0 saturated heterocycles. The van der Waals surface area contributed by atoms with Crippen LogP contribution in [0, 0.1) is 6.92 Å². The zero-order valence-electron chi connectivity index (χ0n) is 18.2. The number of hydrogen-bond acceptors (Lipinski definition) is 3. The van der Waals surface area contributed by atoms with Gasteiger partial charge in [0.2, 0.25) is 0 Å². The molecule has 5 aromatic rings. The van der Waals surface area contributed by atoms with Gasteiger partial charge in [0.05, 0.1) is 5.69 Å². The number of fused-ring (bicyclic) bond motifs is 2. The Labute approximate surface area is 186 Å². The van der Waals surface area contributed by atoms with Gasteiger partial charge >= 0.3 is 0 Å². The lowest BCUT2D eigenvalue weighted by atomic mass is 9.82. The highest BCUT2D eigenvalue weighted by molar-refractivity contribution is 7.18. The summed E-state index contributed by atoms with van der Waals surface area (Å²) in [7, 11) is 0. The normalized spacial score (nSPS) is 12.0. The Kier molecular flexibility index (Phi) is 4.60. The van der Waals surface area contributed by atoms with E-state index in [9.17, 15) is 5.11 Å². The van der Waals surface area contributed by atoms with E-state index < -0.39 is 0 Å². The third kappa shape index (κ3) is 3.30. The first-order chi connectivity index (χ1) is 14.8. The third-order valence-electron chi connectivity index (χ3n) is 5.93. The molecule has 3 aromatic carbocycles. The van der Waals surface area contributed by atoms with Crippen molar-refractivity contribution in [2.24, 2.45) is 0 Å². The predicted molar refractivity (Wildman–Crippen MR) is 133 cm³/mol. The fourth-order valence-electron chi connectivity index (χ4n) is 4.38. The van der Waals surface area contributed by atoms with Crippen molar-refractivity contribution in [1.82, 2.24) is 4.98 Å². The Balaban J connectivity index is 1.83. The molecule has 0 unspecified atom stereocenters. The average molecular weight is 424 g/mol. The minimum absolute atomic E-state index is 0.00241. The monoisotopic (exact) mass is 423 g/mol. The van der Waals surface area contributed by atoms with E-state index in [1.54, 1.807) is 17.4 Å². The van der Waals surface area contributed by atoms with Crippen LogP contribution in [0.4, 0.5) is 0 Å². The molecule has 0 radical (unpaired) electrons. The van der Waals surface area contributed by atoms with E-state index in [1.807, 2.05) is 18.3 Å². The van der Waals surface area contributed by atoms with E-state index in [4.69, 9.17) is 4.98 Å². The number of hydrogen-bond donors (Lipinski definition) is 1. The maximum atomic E-state index is 10.9. The summed E-state index contributed by atoms with van der Waals surface area (Å²) in [6.45, 7) is 8.86. The standard InChI is InChI=1S/C28H25NOS/c1-17-16-31-27-20(17)11-12-24(30)25(27)22-10-7-13-29-26(22)19-14-18-8-5-6-9-21(18)23(15-19)28(2,3)4/h5-16,30H,1-4H3. The van der Waals surface area contributed by atoms with Gasteiger partial charge in [0.15, 0.2) is 0 Å². The molecule has 5 rings (SSSR count). The second-order valence-corrected chi connectivity index (χ2v) is 10.0. The van der Waals surface area contributed by atoms with Crippen LogP contribution in [0.5, 0.6) is 5.75 Å². The molecule has 2 aromatic heterocycles. The number of pyridine rings is 1. The third-order valence-corrected chi connectivity index (χ3v) is 7.07. The molecule has 0 aliphatic carbocycles. The van der Waals surface area contributed by atoms with Crippen LogP contribution in [0.2, 0.25) is 0 Å². The molecule has 0 amide bonds. The smallest absolute Gasteiger partial charge is 0.124 e. The summed E-state index contributed by atoms with van der Waals surface area (Å²) in [6.07, 6.45) is 1.83. The lowest BCUT2D eigenvalue weighted by molar-refractivity contribution is 0.478. The number of aromatic hydroxyl groups is 1. The van der Waals surface area contributed by atoms with Gasteiger partial charge in [0, 0.05) is 27.6 Å². The molecule has 0 aliphatic rings. The van der Waals surface area contributed by atoms with Gasteiger partial charge in [-0.25, -0.2) is 0 Å². The van der Waals surface area contributed by atoms with E-state index in [0.29, 0.717) is 5.75 Å². The first-order valence-corrected chi connectivity index (χ1v) is 11.4. The van der Waals surface area contributed by atoms with E-state index in [0.717, 1.165) is 27.1 Å². The van der Waals surface area contributed by atoms with Crippen LogP contribution in [0.3, 0.4) is 0 Å². The Morgan fingerprint density at radius 2 is 1.71 bits per heavy atom. The van der Waals surface area contributed by atoms with E-state index in [-0.39, 0.29) is 5.41 Å². The highest BCUT2D eigenvalue weighted by Crippen LogP contribution is 2.44. The lowest BCUT2D eigenvalue weighted by Crippen LogP contribution is -2.12. The highest BCUT2D eigenvalue weighted by atomic mass is 32.1. The van der Waals surface area contributed by atoms with Crippen molar-refractivity contribution in [1.29, 1.82) is 0 Å². The largest absolute Gasteiger partial charge is 0.507 e. The van der Waals surface area contributed by atoms with Crippen LogP contribution >= 0.6 is 11.3 Å². The van der Waals surface area contributed by atoms with E-state index in [2.05, 4.69) is 75.5 Å². The summed E-state index contributed by atoms with van der Waals surface area (Å²) in [4.78, 5) is 4.80. The Hall–Kier alpha value is -3.17. The molecule has 154 valence electrons. The van der Waals surface area contributed by atoms with Gasteiger partial charge in [0.1, 0.15) is 5.75 Å². The first kappa shape index (κ1) is 19.8. The molecule has 0 aliphatic heterocycles. The molecular weight excluding hydrogens is 398 g/mol. The molecule has 2 nitrogen and oxygen atoms in total. The van der Waals surface area contributed by atoms with Gasteiger partial charge in [0.25, 0.3) is 0 Å². The topological polar surface area (TPSA) is 33.1 Å². The molecule has 0 bridgehead atoms. The number of nitrogens with zero attached hydrogens (tertiary/aromatic N) is 1. The van der Waals surface area contributed by atoms with Crippen molar-refractivity contribution in [2.75, 3.05) is 0 Å². The van der Waals surface area contributed by atoms with E-state index in [1.165, 1.54) is 27.3 Å². The van der Waals surface area contributed by atoms with Gasteiger partial charge in [-0.05, 0) is 75.3 Å². The lowest BCUT2D eigenvalue weighted by Gasteiger charge is -2.23. The maximum absolute atomic E-state index is 10.9. The van der Waals surface area contributed by atoms with Crippen molar-refractivity contribution in [3.05, 3.63) is 83.4 Å². The first-order valence-electron chi connectivity index (χ1n) is 10.5. The highest BCUT2D eigenvalue weighted by Gasteiger charge is 2.21. The molecular formula is C28H25NOS. The summed E-state index contributed by atoms with van der Waals surface area (Å²) >= 11 is 1.68. The number of aryl methyl sites for hydroxylation is 1. The molecule has 0 spiro atoms. The van der Waals surface area contributed by atoms with Crippen LogP contribution in [0.25, 0.3) is 43.2 Å². The minimum atomic E-state index is -0.00241. The molecule has 31 heavy (non-hydrogen) atoms. The fourth-order valence-corrected chi connectivity index (χ4v) is 5.49.